The maximum atomic E-state index is 14.2. The number of ether oxygens (including phenoxy) is 1. The lowest BCUT2D eigenvalue weighted by Crippen LogP contribution is -2.60. The number of furan rings is 1. The fraction of sp³-hybridized carbons (Fsp3) is 0.455. The molecule has 2 aliphatic carbocycles. The summed E-state index contributed by atoms with van der Waals surface area (Å²) in [5.74, 6) is 1.56. The zero-order valence-electron chi connectivity index (χ0n) is 24.0. The first-order chi connectivity index (χ1) is 19.5. The van der Waals surface area contributed by atoms with Crippen LogP contribution in [0.2, 0.25) is 0 Å². The monoisotopic (exact) mass is 617 g/mol. The van der Waals surface area contributed by atoms with Crippen molar-refractivity contribution in [2.24, 2.45) is 23.0 Å². The third kappa shape index (κ3) is 4.04. The number of benzene rings is 2. The molecule has 3 fully saturated rings. The molecule has 2 N–H and O–H groups in total. The molecule has 41 heavy (non-hydrogen) atoms. The Bertz CT molecular complexity index is 1730. The minimum absolute atomic E-state index is 0.0644. The molecule has 3 heterocycles. The number of aromatic nitrogens is 1. The lowest BCUT2D eigenvalue weighted by Gasteiger charge is -2.49. The molecule has 4 aromatic rings. The number of hydrogen-bond acceptors (Lipinski definition) is 4. The highest BCUT2D eigenvalue weighted by Crippen LogP contribution is 2.57. The second-order valence-electron chi connectivity index (χ2n) is 13.3. The van der Waals surface area contributed by atoms with Gasteiger partial charge < -0.3 is 24.4 Å². The Kier molecular flexibility index (Phi) is 5.92. The first-order valence-corrected chi connectivity index (χ1v) is 15.4. The van der Waals surface area contributed by atoms with Crippen LogP contribution in [-0.2, 0) is 11.3 Å². The van der Waals surface area contributed by atoms with Gasteiger partial charge in [-0.2, -0.15) is 0 Å². The van der Waals surface area contributed by atoms with Gasteiger partial charge in [0, 0.05) is 50.9 Å². The van der Waals surface area contributed by atoms with E-state index in [1.54, 1.807) is 0 Å². The van der Waals surface area contributed by atoms with Gasteiger partial charge in [0.1, 0.15) is 11.7 Å². The van der Waals surface area contributed by atoms with E-state index in [2.05, 4.69) is 72.5 Å². The number of amides is 2. The Labute approximate surface area is 248 Å². The summed E-state index contributed by atoms with van der Waals surface area (Å²) in [4.78, 5) is 27.9. The lowest BCUT2D eigenvalue weighted by molar-refractivity contribution is -0.0359. The van der Waals surface area contributed by atoms with Gasteiger partial charge in [0.05, 0.1) is 11.2 Å². The molecule has 2 saturated carbocycles. The van der Waals surface area contributed by atoms with Crippen molar-refractivity contribution in [2.45, 2.75) is 71.6 Å². The van der Waals surface area contributed by atoms with Crippen LogP contribution in [0, 0.1) is 24.2 Å². The molecule has 3 aliphatic rings. The molecular weight excluding hydrogens is 582 g/mol. The van der Waals surface area contributed by atoms with Crippen molar-refractivity contribution in [2.75, 3.05) is 6.54 Å². The highest BCUT2D eigenvalue weighted by Gasteiger charge is 2.66. The molecule has 3 atom stereocenters. The quantitative estimate of drug-likeness (QED) is 0.249. The van der Waals surface area contributed by atoms with Crippen LogP contribution in [0.4, 0.5) is 4.79 Å². The number of fused-ring (bicyclic) bond motifs is 4. The second kappa shape index (κ2) is 9.12. The van der Waals surface area contributed by atoms with Gasteiger partial charge in [0.15, 0.2) is 5.76 Å². The molecule has 7 nitrogen and oxygen atoms in total. The van der Waals surface area contributed by atoms with Crippen LogP contribution in [0.25, 0.3) is 33.3 Å². The number of likely N-dealkylation sites (tertiary alicyclic amines) is 1. The highest BCUT2D eigenvalue weighted by molar-refractivity contribution is 9.10. The molecule has 2 bridgehead atoms. The second-order valence-corrected chi connectivity index (χ2v) is 14.2. The molecule has 1 saturated heterocycles. The molecule has 0 spiro atoms. The summed E-state index contributed by atoms with van der Waals surface area (Å²) in [7, 11) is 0. The van der Waals surface area contributed by atoms with E-state index in [1.807, 2.05) is 23.1 Å². The number of nitrogens with two attached hydrogens (primary N) is 1. The topological polar surface area (TPSA) is 90.7 Å². The van der Waals surface area contributed by atoms with Crippen molar-refractivity contribution in [3.8, 4) is 11.5 Å². The number of nitrogens with zero attached hydrogens (tertiary/aromatic N) is 2. The fourth-order valence-electron chi connectivity index (χ4n) is 7.68. The summed E-state index contributed by atoms with van der Waals surface area (Å²) >= 11 is 3.65. The van der Waals surface area contributed by atoms with E-state index >= 15 is 0 Å². The molecule has 214 valence electrons. The van der Waals surface area contributed by atoms with Crippen LogP contribution in [0.3, 0.4) is 0 Å². The predicted molar refractivity (Wildman–Crippen MR) is 163 cm³/mol. The minimum Gasteiger partial charge on any atom is -0.454 e. The van der Waals surface area contributed by atoms with Crippen LogP contribution in [0.15, 0.2) is 51.4 Å². The van der Waals surface area contributed by atoms with E-state index in [-0.39, 0.29) is 17.2 Å². The first-order valence-electron chi connectivity index (χ1n) is 14.6. The van der Waals surface area contributed by atoms with E-state index in [1.165, 1.54) is 23.7 Å². The number of aryl methyl sites for hydroxylation is 1. The largest absolute Gasteiger partial charge is 0.454 e. The third-order valence-corrected chi connectivity index (χ3v) is 10.4. The van der Waals surface area contributed by atoms with Gasteiger partial charge in [0.25, 0.3) is 5.91 Å². The predicted octanol–water partition coefficient (Wildman–Crippen LogP) is 7.65. The number of carbonyl (C=O) groups is 2. The van der Waals surface area contributed by atoms with Gasteiger partial charge >= 0.3 is 6.09 Å². The number of hydrogen-bond donors (Lipinski definition) is 1. The maximum Gasteiger partial charge on any atom is 0.404 e. The lowest BCUT2D eigenvalue weighted by atomic mass is 9.70. The molecule has 2 unspecified atom stereocenters. The zero-order valence-corrected chi connectivity index (χ0v) is 25.6. The average Bonchev–Trinajstić information content (AvgIpc) is 3.33. The summed E-state index contributed by atoms with van der Waals surface area (Å²) in [6.07, 6.45) is 3.02. The Balaban J connectivity index is 1.28. The van der Waals surface area contributed by atoms with Crippen LogP contribution in [-0.4, -0.2) is 39.7 Å². The Morgan fingerprint density at radius 1 is 1.12 bits per heavy atom. The number of carbonyl (C=O) groups excluding carboxylic acids is 2. The van der Waals surface area contributed by atoms with E-state index in [4.69, 9.17) is 14.9 Å². The van der Waals surface area contributed by atoms with Gasteiger partial charge in [-0.15, -0.1) is 0 Å². The zero-order chi connectivity index (χ0) is 28.8. The van der Waals surface area contributed by atoms with E-state index < -0.39 is 17.7 Å². The van der Waals surface area contributed by atoms with Crippen LogP contribution in [0.5, 0.6) is 0 Å². The summed E-state index contributed by atoms with van der Waals surface area (Å²) < 4.78 is 15.7. The van der Waals surface area contributed by atoms with Crippen molar-refractivity contribution < 1.29 is 18.7 Å². The van der Waals surface area contributed by atoms with Gasteiger partial charge in [-0.1, -0.05) is 48.8 Å². The van der Waals surface area contributed by atoms with Crippen LogP contribution in [0.1, 0.15) is 62.4 Å². The van der Waals surface area contributed by atoms with E-state index in [0.717, 1.165) is 46.3 Å². The Morgan fingerprint density at radius 2 is 1.90 bits per heavy atom. The smallest absolute Gasteiger partial charge is 0.404 e. The van der Waals surface area contributed by atoms with E-state index in [9.17, 15) is 9.59 Å². The van der Waals surface area contributed by atoms with E-state index in [0.29, 0.717) is 23.6 Å². The summed E-state index contributed by atoms with van der Waals surface area (Å²) in [6, 6.07) is 14.4. The summed E-state index contributed by atoms with van der Waals surface area (Å²) in [6.45, 7) is 9.95. The summed E-state index contributed by atoms with van der Waals surface area (Å²) in [5.41, 5.74) is 9.17. The number of piperidine rings is 1. The van der Waals surface area contributed by atoms with Crippen LogP contribution >= 0.6 is 15.9 Å². The van der Waals surface area contributed by atoms with Crippen molar-refractivity contribution >= 4 is 49.8 Å². The first kappa shape index (κ1) is 26.6. The molecular formula is C33H36BrN3O4. The molecule has 1 aliphatic heterocycles. The minimum atomic E-state index is -0.781. The molecule has 7 rings (SSSR count). The molecule has 8 heteroatoms. The van der Waals surface area contributed by atoms with Crippen molar-refractivity contribution in [1.82, 2.24) is 9.47 Å². The van der Waals surface area contributed by atoms with Crippen LogP contribution < -0.4 is 5.73 Å². The fourth-order valence-corrected chi connectivity index (χ4v) is 8.03. The number of rotatable bonds is 5. The highest BCUT2D eigenvalue weighted by atomic mass is 79.9. The standard InChI is InChI=1S/C33H36BrN3O4/c1-18-24-10-8-21(30(38)37-17-22-11-12-33(37,32(2,3)4)29(22)41-31(35)39)14-27(24)40-28(18)26-13-20-7-9-23(34)15-25(20)36(26)16-19-5-6-19/h7-10,13-15,19,22,29H,5-6,11-12,16-17H2,1-4H3,(H2,35,39)/t22?,29-,33?/m1/s1. The van der Waals surface area contributed by atoms with Gasteiger partial charge in [-0.05, 0) is 74.3 Å². The molecule has 2 amide bonds. The normalized spacial score (nSPS) is 24.1. The van der Waals surface area contributed by atoms with Gasteiger partial charge in [0.2, 0.25) is 0 Å². The molecule has 2 aromatic carbocycles. The number of primary amides is 1. The third-order valence-electron chi connectivity index (χ3n) is 9.90. The Morgan fingerprint density at radius 3 is 2.61 bits per heavy atom. The molecule has 0 radical (unpaired) electrons. The molecule has 2 aromatic heterocycles. The van der Waals surface area contributed by atoms with Crippen molar-refractivity contribution in [3.05, 3.63) is 58.1 Å². The Hall–Kier alpha value is -3.26. The average molecular weight is 619 g/mol. The SMILES string of the molecule is Cc1c(-c2cc3ccc(Br)cc3n2CC2CC2)oc2cc(C(=O)N3CC4CCC3(C(C)(C)C)[C@@H]4OC(N)=O)ccc12. The van der Waals surface area contributed by atoms with Gasteiger partial charge in [-0.25, -0.2) is 4.79 Å². The van der Waals surface area contributed by atoms with Crippen molar-refractivity contribution in [3.63, 3.8) is 0 Å². The van der Waals surface area contributed by atoms with Gasteiger partial charge in [-0.3, -0.25) is 4.79 Å². The maximum absolute atomic E-state index is 14.2. The summed E-state index contributed by atoms with van der Waals surface area (Å²) in [5, 5.41) is 2.19. The number of halogens is 1. The van der Waals surface area contributed by atoms with Crippen molar-refractivity contribution in [1.29, 1.82) is 0 Å².